The molecule has 0 aliphatic heterocycles. The second-order valence-electron chi connectivity index (χ2n) is 7.47. The standard InChI is InChI=1S/C21H30FNO4S/c1-5-11-21(6-2,7-3)14-27-19-13-18(22)17(12-16(19)15-9-10-15)20(24)23-28(25,26)8-4/h5,12-13,15H,1,6-11,14H2,2-4H3,(H,23,24). The minimum absolute atomic E-state index is 0.0652. The first-order valence-corrected chi connectivity index (χ1v) is 11.5. The van der Waals surface area contributed by atoms with Crippen LogP contribution in [0.5, 0.6) is 5.75 Å². The molecule has 0 radical (unpaired) electrons. The van der Waals surface area contributed by atoms with Crippen LogP contribution in [-0.2, 0) is 10.0 Å². The van der Waals surface area contributed by atoms with E-state index in [9.17, 15) is 17.6 Å². The number of carbonyl (C=O) groups is 1. The van der Waals surface area contributed by atoms with Crippen LogP contribution in [-0.4, -0.2) is 26.7 Å². The lowest BCUT2D eigenvalue weighted by Gasteiger charge is -2.31. The molecular formula is C21H30FNO4S. The van der Waals surface area contributed by atoms with Gasteiger partial charge in [-0.1, -0.05) is 19.9 Å². The van der Waals surface area contributed by atoms with E-state index in [-0.39, 0.29) is 22.6 Å². The van der Waals surface area contributed by atoms with Crippen LogP contribution < -0.4 is 9.46 Å². The molecule has 28 heavy (non-hydrogen) atoms. The van der Waals surface area contributed by atoms with Crippen molar-refractivity contribution in [2.75, 3.05) is 12.4 Å². The molecule has 0 aromatic heterocycles. The highest BCUT2D eigenvalue weighted by Crippen LogP contribution is 2.45. The molecule has 156 valence electrons. The van der Waals surface area contributed by atoms with E-state index in [0.29, 0.717) is 12.4 Å². The van der Waals surface area contributed by atoms with E-state index in [4.69, 9.17) is 4.74 Å². The zero-order chi connectivity index (χ0) is 20.9. The molecule has 5 nitrogen and oxygen atoms in total. The number of amides is 1. The normalized spacial score (nSPS) is 14.6. The van der Waals surface area contributed by atoms with E-state index in [1.54, 1.807) is 0 Å². The number of ether oxygens (including phenoxy) is 1. The first-order valence-electron chi connectivity index (χ1n) is 9.82. The largest absolute Gasteiger partial charge is 0.493 e. The van der Waals surface area contributed by atoms with Crippen molar-refractivity contribution < 1.29 is 22.3 Å². The molecule has 2 rings (SSSR count). The zero-order valence-electron chi connectivity index (χ0n) is 16.9. The smallest absolute Gasteiger partial charge is 0.267 e. The van der Waals surface area contributed by atoms with Crippen molar-refractivity contribution in [2.24, 2.45) is 5.41 Å². The van der Waals surface area contributed by atoms with E-state index < -0.39 is 21.7 Å². The summed E-state index contributed by atoms with van der Waals surface area (Å²) in [6.45, 7) is 9.86. The fraction of sp³-hybridized carbons (Fsp3) is 0.571. The van der Waals surface area contributed by atoms with Gasteiger partial charge in [0, 0.05) is 11.5 Å². The lowest BCUT2D eigenvalue weighted by Crippen LogP contribution is -2.32. The Morgan fingerprint density at radius 3 is 2.46 bits per heavy atom. The molecular weight excluding hydrogens is 381 g/mol. The minimum atomic E-state index is -3.76. The fourth-order valence-electron chi connectivity index (χ4n) is 3.19. The van der Waals surface area contributed by atoms with Gasteiger partial charge in [-0.2, -0.15) is 0 Å². The topological polar surface area (TPSA) is 72.5 Å². The number of benzene rings is 1. The molecule has 1 aliphatic carbocycles. The monoisotopic (exact) mass is 411 g/mol. The van der Waals surface area contributed by atoms with Crippen LogP contribution in [0.4, 0.5) is 4.39 Å². The predicted octanol–water partition coefficient (Wildman–Crippen LogP) is 4.54. The Morgan fingerprint density at radius 1 is 1.32 bits per heavy atom. The van der Waals surface area contributed by atoms with E-state index in [1.807, 2.05) is 10.8 Å². The molecule has 1 aromatic carbocycles. The van der Waals surface area contributed by atoms with Crippen molar-refractivity contribution >= 4 is 15.9 Å². The number of sulfonamides is 1. The molecule has 1 fully saturated rings. The summed E-state index contributed by atoms with van der Waals surface area (Å²) < 4.78 is 45.9. The highest BCUT2D eigenvalue weighted by Gasteiger charge is 2.32. The van der Waals surface area contributed by atoms with Crippen LogP contribution in [0.25, 0.3) is 0 Å². The lowest BCUT2D eigenvalue weighted by atomic mass is 9.80. The Bertz CT molecular complexity index is 827. The van der Waals surface area contributed by atoms with Crippen molar-refractivity contribution in [3.8, 4) is 5.75 Å². The highest BCUT2D eigenvalue weighted by atomic mass is 32.2. The first kappa shape index (κ1) is 22.4. The quantitative estimate of drug-likeness (QED) is 0.543. The van der Waals surface area contributed by atoms with Crippen molar-refractivity contribution in [1.82, 2.24) is 4.72 Å². The van der Waals surface area contributed by atoms with E-state index >= 15 is 0 Å². The van der Waals surface area contributed by atoms with Gasteiger partial charge in [-0.15, -0.1) is 6.58 Å². The van der Waals surface area contributed by atoms with Gasteiger partial charge in [0.2, 0.25) is 10.0 Å². The van der Waals surface area contributed by atoms with E-state index in [1.165, 1.54) is 19.1 Å². The zero-order valence-corrected chi connectivity index (χ0v) is 17.7. The van der Waals surface area contributed by atoms with Crippen LogP contribution in [0, 0.1) is 11.2 Å². The summed E-state index contributed by atoms with van der Waals surface area (Å²) in [7, 11) is -3.76. The number of hydrogen-bond donors (Lipinski definition) is 1. The molecule has 0 spiro atoms. The Morgan fingerprint density at radius 2 is 1.96 bits per heavy atom. The number of allylic oxidation sites excluding steroid dienone is 1. The second-order valence-corrected chi connectivity index (χ2v) is 9.48. The Labute approximate surface area is 167 Å². The SMILES string of the molecule is C=CCC(CC)(CC)COc1cc(F)c(C(=O)NS(=O)(=O)CC)cc1C1CC1. The van der Waals surface area contributed by atoms with Crippen molar-refractivity contribution in [3.05, 3.63) is 41.7 Å². The van der Waals surface area contributed by atoms with E-state index in [0.717, 1.165) is 37.7 Å². The van der Waals surface area contributed by atoms with Crippen LogP contribution in [0.2, 0.25) is 0 Å². The molecule has 0 bridgehead atoms. The summed E-state index contributed by atoms with van der Waals surface area (Å²) in [4.78, 5) is 12.3. The van der Waals surface area contributed by atoms with Gasteiger partial charge in [-0.3, -0.25) is 4.79 Å². The summed E-state index contributed by atoms with van der Waals surface area (Å²) in [5.74, 6) is -1.34. The Kier molecular flexibility index (Phi) is 7.26. The number of hydrogen-bond acceptors (Lipinski definition) is 4. The summed E-state index contributed by atoms with van der Waals surface area (Å²) in [6.07, 6.45) is 6.38. The lowest BCUT2D eigenvalue weighted by molar-refractivity contribution is 0.0977. The maximum Gasteiger partial charge on any atom is 0.267 e. The predicted molar refractivity (Wildman–Crippen MR) is 109 cm³/mol. The van der Waals surface area contributed by atoms with Crippen molar-refractivity contribution in [1.29, 1.82) is 0 Å². The van der Waals surface area contributed by atoms with Gasteiger partial charge in [0.15, 0.2) is 0 Å². The second kappa shape index (κ2) is 9.07. The molecule has 1 saturated carbocycles. The molecule has 1 aromatic rings. The molecule has 1 aliphatic rings. The average Bonchev–Trinajstić information content (AvgIpc) is 3.50. The molecule has 1 amide bonds. The maximum atomic E-state index is 14.6. The van der Waals surface area contributed by atoms with Gasteiger partial charge in [0.05, 0.1) is 17.9 Å². The molecule has 1 N–H and O–H groups in total. The van der Waals surface area contributed by atoms with Gasteiger partial charge in [-0.05, 0) is 56.6 Å². The van der Waals surface area contributed by atoms with Gasteiger partial charge in [-0.25, -0.2) is 17.5 Å². The summed E-state index contributed by atoms with van der Waals surface area (Å²) >= 11 is 0. The number of carbonyl (C=O) groups excluding carboxylic acids is 1. The molecule has 0 heterocycles. The van der Waals surface area contributed by atoms with Gasteiger partial charge in [0.1, 0.15) is 11.6 Å². The molecule has 0 unspecified atom stereocenters. The van der Waals surface area contributed by atoms with Gasteiger partial charge >= 0.3 is 0 Å². The Hall–Kier alpha value is -1.89. The maximum absolute atomic E-state index is 14.6. The number of halogens is 1. The summed E-state index contributed by atoms with van der Waals surface area (Å²) in [6, 6.07) is 2.65. The van der Waals surface area contributed by atoms with Gasteiger partial charge < -0.3 is 4.74 Å². The molecule has 0 saturated heterocycles. The minimum Gasteiger partial charge on any atom is -0.493 e. The van der Waals surface area contributed by atoms with Crippen molar-refractivity contribution in [2.45, 2.75) is 58.8 Å². The van der Waals surface area contributed by atoms with Crippen LogP contribution in [0.1, 0.15) is 74.7 Å². The van der Waals surface area contributed by atoms with Crippen LogP contribution >= 0.6 is 0 Å². The Balaban J connectivity index is 2.30. The fourth-order valence-corrected chi connectivity index (χ4v) is 3.73. The van der Waals surface area contributed by atoms with Crippen molar-refractivity contribution in [3.63, 3.8) is 0 Å². The highest BCUT2D eigenvalue weighted by molar-refractivity contribution is 7.90. The third-order valence-corrected chi connectivity index (χ3v) is 6.86. The van der Waals surface area contributed by atoms with Crippen LogP contribution in [0.3, 0.4) is 0 Å². The average molecular weight is 412 g/mol. The number of nitrogens with one attached hydrogen (secondary N) is 1. The third kappa shape index (κ3) is 5.34. The summed E-state index contributed by atoms with van der Waals surface area (Å²) in [5.41, 5.74) is 0.430. The summed E-state index contributed by atoms with van der Waals surface area (Å²) in [5, 5.41) is 0. The first-order chi connectivity index (χ1) is 13.2. The third-order valence-electron chi connectivity index (χ3n) is 5.60. The number of rotatable bonds is 11. The van der Waals surface area contributed by atoms with E-state index in [2.05, 4.69) is 20.4 Å². The molecule has 0 atom stereocenters. The molecule has 7 heteroatoms. The van der Waals surface area contributed by atoms with Gasteiger partial charge in [0.25, 0.3) is 5.91 Å². The van der Waals surface area contributed by atoms with Crippen LogP contribution in [0.15, 0.2) is 24.8 Å².